The van der Waals surface area contributed by atoms with Gasteiger partial charge in [0, 0.05) is 11.6 Å². The number of aliphatic hydroxyl groups excluding tert-OH is 2. The summed E-state index contributed by atoms with van der Waals surface area (Å²) < 4.78 is 37.3. The summed E-state index contributed by atoms with van der Waals surface area (Å²) in [5.74, 6) is -0.423. The van der Waals surface area contributed by atoms with Crippen molar-refractivity contribution in [3.63, 3.8) is 0 Å². The molecule has 27 heavy (non-hydrogen) atoms. The molecule has 9 heteroatoms. The van der Waals surface area contributed by atoms with Crippen LogP contribution in [0.1, 0.15) is 15.9 Å². The molecular weight excluding hydrogens is 374 g/mol. The molecule has 2 rings (SSSR count). The van der Waals surface area contributed by atoms with Gasteiger partial charge in [-0.25, -0.2) is 13.1 Å². The number of carbonyl (C=O) groups is 1. The minimum Gasteiger partial charge on any atom is -0.491 e. The monoisotopic (exact) mass is 395 g/mol. The van der Waals surface area contributed by atoms with E-state index in [1.807, 2.05) is 11.6 Å². The number of rotatable bonds is 9. The van der Waals surface area contributed by atoms with Gasteiger partial charge in [-0.3, -0.25) is 4.79 Å². The maximum absolute atomic E-state index is 12.5. The Morgan fingerprint density at radius 3 is 1.96 bits per heavy atom. The van der Waals surface area contributed by atoms with Crippen molar-refractivity contribution < 1.29 is 32.9 Å². The third-order valence-electron chi connectivity index (χ3n) is 3.42. The van der Waals surface area contributed by atoms with Crippen molar-refractivity contribution in [3.05, 3.63) is 53.6 Å². The summed E-state index contributed by atoms with van der Waals surface area (Å²) in [5.41, 5.74) is 0.883. The summed E-state index contributed by atoms with van der Waals surface area (Å²) in [6, 6.07) is 10.2. The molecule has 0 saturated carbocycles. The molecule has 2 aromatic carbocycles. The molecule has 0 heterocycles. The van der Waals surface area contributed by atoms with Gasteiger partial charge in [-0.2, -0.15) is 0 Å². The van der Waals surface area contributed by atoms with E-state index in [4.69, 9.17) is 19.7 Å². The highest BCUT2D eigenvalue weighted by Crippen LogP contribution is 2.23. The topological polar surface area (TPSA) is 122 Å². The fraction of sp³-hybridized carbons (Fsp3) is 0.278. The number of amides is 1. The highest BCUT2D eigenvalue weighted by Gasteiger charge is 2.20. The van der Waals surface area contributed by atoms with E-state index in [1.165, 1.54) is 30.3 Å². The predicted octanol–water partition coefficient (Wildman–Crippen LogP) is 0.856. The third-order valence-corrected chi connectivity index (χ3v) is 4.77. The van der Waals surface area contributed by atoms with Crippen LogP contribution in [0.25, 0.3) is 0 Å². The summed E-state index contributed by atoms with van der Waals surface area (Å²) >= 11 is 0. The van der Waals surface area contributed by atoms with Gasteiger partial charge in [0.1, 0.15) is 24.7 Å². The SMILES string of the molecule is Cc1ccc(S(=O)(=O)NC(=O)c2cc(OCCO)cc(OCCO)c2)cc1. The van der Waals surface area contributed by atoms with Crippen LogP contribution in [0.2, 0.25) is 0 Å². The third kappa shape index (κ3) is 5.95. The number of carbonyl (C=O) groups excluding carboxylic acids is 1. The highest BCUT2D eigenvalue weighted by molar-refractivity contribution is 7.90. The van der Waals surface area contributed by atoms with Crippen LogP contribution >= 0.6 is 0 Å². The van der Waals surface area contributed by atoms with Crippen LogP contribution in [0.4, 0.5) is 0 Å². The normalized spacial score (nSPS) is 11.1. The number of hydrogen-bond acceptors (Lipinski definition) is 7. The number of benzene rings is 2. The van der Waals surface area contributed by atoms with Gasteiger partial charge in [-0.1, -0.05) is 17.7 Å². The van der Waals surface area contributed by atoms with Crippen LogP contribution in [-0.2, 0) is 10.0 Å². The van der Waals surface area contributed by atoms with E-state index in [9.17, 15) is 13.2 Å². The van der Waals surface area contributed by atoms with Crippen LogP contribution in [0.15, 0.2) is 47.4 Å². The molecule has 2 aromatic rings. The van der Waals surface area contributed by atoms with Gasteiger partial charge in [0.15, 0.2) is 0 Å². The lowest BCUT2D eigenvalue weighted by Crippen LogP contribution is -2.30. The summed E-state index contributed by atoms with van der Waals surface area (Å²) in [5, 5.41) is 17.7. The lowest BCUT2D eigenvalue weighted by molar-refractivity contribution is 0.0980. The Kier molecular flexibility index (Phi) is 7.17. The van der Waals surface area contributed by atoms with E-state index in [0.717, 1.165) is 5.56 Å². The van der Waals surface area contributed by atoms with Crippen LogP contribution in [0.3, 0.4) is 0 Å². The number of hydrogen-bond donors (Lipinski definition) is 3. The Balaban J connectivity index is 2.26. The van der Waals surface area contributed by atoms with Gasteiger partial charge in [-0.15, -0.1) is 0 Å². The summed E-state index contributed by atoms with van der Waals surface area (Å²) in [6.45, 7) is 1.34. The summed E-state index contributed by atoms with van der Waals surface area (Å²) in [4.78, 5) is 12.4. The molecule has 0 fully saturated rings. The standard InChI is InChI=1S/C18H21NO7S/c1-13-2-4-17(5-3-13)27(23,24)19-18(22)14-10-15(25-8-6-20)12-16(11-14)26-9-7-21/h2-5,10-12,20-21H,6-9H2,1H3,(H,19,22). The molecule has 3 N–H and O–H groups in total. The van der Waals surface area contributed by atoms with Crippen molar-refractivity contribution in [1.82, 2.24) is 4.72 Å². The first-order valence-corrected chi connectivity index (χ1v) is 9.60. The molecule has 0 aromatic heterocycles. The highest BCUT2D eigenvalue weighted by atomic mass is 32.2. The quantitative estimate of drug-likeness (QED) is 0.575. The Hall–Kier alpha value is -2.62. The van der Waals surface area contributed by atoms with E-state index in [2.05, 4.69) is 0 Å². The first kappa shape index (κ1) is 20.7. The van der Waals surface area contributed by atoms with Crippen LogP contribution in [0.5, 0.6) is 11.5 Å². The number of aliphatic hydroxyl groups is 2. The molecule has 0 saturated heterocycles. The van der Waals surface area contributed by atoms with E-state index in [0.29, 0.717) is 0 Å². The average molecular weight is 395 g/mol. The van der Waals surface area contributed by atoms with E-state index >= 15 is 0 Å². The van der Waals surface area contributed by atoms with Crippen molar-refractivity contribution >= 4 is 15.9 Å². The fourth-order valence-electron chi connectivity index (χ4n) is 2.15. The molecule has 8 nitrogen and oxygen atoms in total. The average Bonchev–Trinajstić information content (AvgIpc) is 2.64. The molecule has 0 aliphatic carbocycles. The predicted molar refractivity (Wildman–Crippen MR) is 97.4 cm³/mol. The zero-order chi connectivity index (χ0) is 19.9. The molecule has 0 unspecified atom stereocenters. The van der Waals surface area contributed by atoms with Crippen molar-refractivity contribution in [2.45, 2.75) is 11.8 Å². The maximum atomic E-state index is 12.5. The number of nitrogens with one attached hydrogen (secondary N) is 1. The van der Waals surface area contributed by atoms with Gasteiger partial charge in [-0.05, 0) is 31.2 Å². The Morgan fingerprint density at radius 1 is 0.963 bits per heavy atom. The van der Waals surface area contributed by atoms with Gasteiger partial charge in [0.25, 0.3) is 15.9 Å². The van der Waals surface area contributed by atoms with Crippen LogP contribution < -0.4 is 14.2 Å². The van der Waals surface area contributed by atoms with E-state index < -0.39 is 15.9 Å². The minimum atomic E-state index is -4.05. The molecule has 0 radical (unpaired) electrons. The zero-order valence-electron chi connectivity index (χ0n) is 14.7. The van der Waals surface area contributed by atoms with Gasteiger partial charge < -0.3 is 19.7 Å². The minimum absolute atomic E-state index is 0.00549. The Bertz CT molecular complexity index is 853. The number of aryl methyl sites for hydroxylation is 1. The maximum Gasteiger partial charge on any atom is 0.265 e. The molecule has 0 aliphatic heterocycles. The van der Waals surface area contributed by atoms with Gasteiger partial charge >= 0.3 is 0 Å². The molecule has 1 amide bonds. The van der Waals surface area contributed by atoms with Crippen LogP contribution in [-0.4, -0.2) is 51.0 Å². The second-order valence-electron chi connectivity index (χ2n) is 5.58. The zero-order valence-corrected chi connectivity index (χ0v) is 15.5. The summed E-state index contributed by atoms with van der Waals surface area (Å²) in [7, 11) is -4.05. The van der Waals surface area contributed by atoms with Crippen molar-refractivity contribution in [1.29, 1.82) is 0 Å². The molecule has 0 spiro atoms. The van der Waals surface area contributed by atoms with Crippen molar-refractivity contribution in [2.24, 2.45) is 0 Å². The largest absolute Gasteiger partial charge is 0.491 e. The lowest BCUT2D eigenvalue weighted by Gasteiger charge is -2.12. The van der Waals surface area contributed by atoms with E-state index in [1.54, 1.807) is 12.1 Å². The Morgan fingerprint density at radius 2 is 1.48 bits per heavy atom. The molecule has 0 aliphatic rings. The molecular formula is C18H21NO7S. The first-order valence-electron chi connectivity index (χ1n) is 8.12. The smallest absolute Gasteiger partial charge is 0.265 e. The second kappa shape index (κ2) is 9.36. The van der Waals surface area contributed by atoms with E-state index in [-0.39, 0.29) is 48.4 Å². The van der Waals surface area contributed by atoms with Crippen molar-refractivity contribution in [3.8, 4) is 11.5 Å². The Labute approximate surface area is 157 Å². The fourth-order valence-corrected chi connectivity index (χ4v) is 3.13. The first-order chi connectivity index (χ1) is 12.9. The molecule has 0 atom stereocenters. The summed E-state index contributed by atoms with van der Waals surface area (Å²) in [6.07, 6.45) is 0. The number of ether oxygens (including phenoxy) is 2. The number of sulfonamides is 1. The van der Waals surface area contributed by atoms with Crippen molar-refractivity contribution in [2.75, 3.05) is 26.4 Å². The van der Waals surface area contributed by atoms with Crippen LogP contribution in [0, 0.1) is 6.92 Å². The van der Waals surface area contributed by atoms with Gasteiger partial charge in [0.2, 0.25) is 0 Å². The molecule has 146 valence electrons. The van der Waals surface area contributed by atoms with Gasteiger partial charge in [0.05, 0.1) is 18.1 Å². The lowest BCUT2D eigenvalue weighted by atomic mass is 10.2. The molecule has 0 bridgehead atoms. The second-order valence-corrected chi connectivity index (χ2v) is 7.27.